The number of hydrogen-bond donors (Lipinski definition) is 3. The number of thiazole rings is 1. The van der Waals surface area contributed by atoms with Crippen molar-refractivity contribution in [3.8, 4) is 0 Å². The number of anilines is 2. The first kappa shape index (κ1) is 14.6. The summed E-state index contributed by atoms with van der Waals surface area (Å²) in [5.74, 6) is 0.875. The van der Waals surface area contributed by atoms with Gasteiger partial charge in [-0.1, -0.05) is 24.2 Å². The molecule has 1 unspecified atom stereocenters. The molecule has 1 aromatic heterocycles. The molecule has 21 heavy (non-hydrogen) atoms. The number of carbonyl (C=O) groups excluding carboxylic acids is 1. The minimum atomic E-state index is -0.0777. The summed E-state index contributed by atoms with van der Waals surface area (Å²) in [6.45, 7) is 2.10. The fourth-order valence-electron chi connectivity index (χ4n) is 3.13. The smallest absolute Gasteiger partial charge is 0.265 e. The van der Waals surface area contributed by atoms with Gasteiger partial charge in [-0.15, -0.1) is 0 Å². The number of nitrogen functional groups attached to an aromatic ring is 1. The van der Waals surface area contributed by atoms with Gasteiger partial charge >= 0.3 is 0 Å². The van der Waals surface area contributed by atoms with Crippen molar-refractivity contribution in [1.29, 1.82) is 0 Å². The molecule has 4 N–H and O–H groups in total. The third-order valence-electron chi connectivity index (χ3n) is 4.76. The second-order valence-electron chi connectivity index (χ2n) is 6.31. The molecule has 1 atom stereocenters. The number of rotatable bonds is 5. The van der Waals surface area contributed by atoms with Crippen molar-refractivity contribution in [3.05, 3.63) is 4.88 Å². The number of nitrogens with zero attached hydrogens (tertiary/aromatic N) is 1. The SMILES string of the molecule is CC(NC(=O)c1sc(NC2CCC2)nc1N)C1CCCC1. The van der Waals surface area contributed by atoms with E-state index in [1.807, 2.05) is 0 Å². The maximum atomic E-state index is 12.4. The van der Waals surface area contributed by atoms with Gasteiger partial charge < -0.3 is 16.4 Å². The highest BCUT2D eigenvalue weighted by Crippen LogP contribution is 2.31. The van der Waals surface area contributed by atoms with Gasteiger partial charge in [0, 0.05) is 12.1 Å². The molecule has 1 aromatic rings. The fourth-order valence-corrected chi connectivity index (χ4v) is 4.00. The Morgan fingerprint density at radius 2 is 2.00 bits per heavy atom. The van der Waals surface area contributed by atoms with E-state index >= 15 is 0 Å². The van der Waals surface area contributed by atoms with Gasteiger partial charge in [0.15, 0.2) is 5.13 Å². The monoisotopic (exact) mass is 308 g/mol. The molecule has 0 spiro atoms. The van der Waals surface area contributed by atoms with Crippen molar-refractivity contribution >= 4 is 28.2 Å². The molecule has 0 bridgehead atoms. The van der Waals surface area contributed by atoms with E-state index in [1.165, 1.54) is 56.3 Å². The Balaban J connectivity index is 1.60. The predicted octanol–water partition coefficient (Wildman–Crippen LogP) is 3.00. The van der Waals surface area contributed by atoms with Crippen molar-refractivity contribution in [1.82, 2.24) is 10.3 Å². The zero-order chi connectivity index (χ0) is 14.8. The standard InChI is InChI=1S/C15H24N4OS/c1-9(10-5-2-3-6-10)17-14(20)12-13(16)19-15(21-12)18-11-7-4-8-11/h9-11H,2-8,16H2,1H3,(H,17,20)(H,18,19). The van der Waals surface area contributed by atoms with Crippen LogP contribution in [-0.4, -0.2) is 23.0 Å². The quantitative estimate of drug-likeness (QED) is 0.781. The van der Waals surface area contributed by atoms with E-state index < -0.39 is 0 Å². The van der Waals surface area contributed by atoms with Crippen LogP contribution >= 0.6 is 11.3 Å². The highest BCUT2D eigenvalue weighted by molar-refractivity contribution is 7.18. The zero-order valence-corrected chi connectivity index (χ0v) is 13.3. The van der Waals surface area contributed by atoms with E-state index in [4.69, 9.17) is 5.73 Å². The zero-order valence-electron chi connectivity index (χ0n) is 12.5. The molecule has 2 aliphatic rings. The topological polar surface area (TPSA) is 80.0 Å². The third kappa shape index (κ3) is 3.31. The highest BCUT2D eigenvalue weighted by Gasteiger charge is 2.26. The Morgan fingerprint density at radius 1 is 1.29 bits per heavy atom. The minimum Gasteiger partial charge on any atom is -0.382 e. The minimum absolute atomic E-state index is 0.0777. The molecule has 0 radical (unpaired) electrons. The van der Waals surface area contributed by atoms with Gasteiger partial charge in [-0.3, -0.25) is 4.79 Å². The second-order valence-corrected chi connectivity index (χ2v) is 7.31. The summed E-state index contributed by atoms with van der Waals surface area (Å²) in [5, 5.41) is 7.22. The van der Waals surface area contributed by atoms with Gasteiger partial charge in [-0.25, -0.2) is 4.98 Å². The number of carbonyl (C=O) groups is 1. The molecule has 0 saturated heterocycles. The van der Waals surface area contributed by atoms with Crippen LogP contribution in [0.15, 0.2) is 0 Å². The van der Waals surface area contributed by atoms with Crippen LogP contribution in [0.2, 0.25) is 0 Å². The van der Waals surface area contributed by atoms with E-state index in [2.05, 4.69) is 22.5 Å². The lowest BCUT2D eigenvalue weighted by molar-refractivity contribution is 0.0932. The maximum absolute atomic E-state index is 12.4. The second kappa shape index (κ2) is 6.22. The summed E-state index contributed by atoms with van der Waals surface area (Å²) in [5.41, 5.74) is 5.91. The van der Waals surface area contributed by atoms with Crippen LogP contribution in [0.25, 0.3) is 0 Å². The molecule has 2 saturated carbocycles. The molecule has 6 heteroatoms. The molecule has 0 aromatic carbocycles. The van der Waals surface area contributed by atoms with E-state index in [-0.39, 0.29) is 11.9 Å². The van der Waals surface area contributed by atoms with Crippen molar-refractivity contribution in [2.45, 2.75) is 64.0 Å². The van der Waals surface area contributed by atoms with Gasteiger partial charge in [-0.2, -0.15) is 0 Å². The van der Waals surface area contributed by atoms with E-state index in [0.29, 0.717) is 22.7 Å². The molecule has 1 amide bonds. The molecule has 3 rings (SSSR count). The fraction of sp³-hybridized carbons (Fsp3) is 0.733. The van der Waals surface area contributed by atoms with Gasteiger partial charge in [0.25, 0.3) is 5.91 Å². The van der Waals surface area contributed by atoms with Crippen molar-refractivity contribution < 1.29 is 4.79 Å². The largest absolute Gasteiger partial charge is 0.382 e. The van der Waals surface area contributed by atoms with Gasteiger partial charge in [0.1, 0.15) is 10.7 Å². The lowest BCUT2D eigenvalue weighted by Crippen LogP contribution is -2.37. The molecule has 2 aliphatic carbocycles. The Labute approximate surface area is 129 Å². The average Bonchev–Trinajstić information content (AvgIpc) is 3.03. The average molecular weight is 308 g/mol. The number of nitrogens with two attached hydrogens (primary N) is 1. The first-order valence-electron chi connectivity index (χ1n) is 7.97. The summed E-state index contributed by atoms with van der Waals surface area (Å²) in [6.07, 6.45) is 8.62. The van der Waals surface area contributed by atoms with Crippen molar-refractivity contribution in [2.75, 3.05) is 11.1 Å². The third-order valence-corrected chi connectivity index (χ3v) is 5.76. The first-order chi connectivity index (χ1) is 10.1. The van der Waals surface area contributed by atoms with Crippen LogP contribution < -0.4 is 16.4 Å². The van der Waals surface area contributed by atoms with Crippen molar-refractivity contribution in [3.63, 3.8) is 0 Å². The lowest BCUT2D eigenvalue weighted by Gasteiger charge is -2.25. The lowest BCUT2D eigenvalue weighted by atomic mass is 9.93. The van der Waals surface area contributed by atoms with Gasteiger partial charge in [0.05, 0.1) is 0 Å². The number of hydrogen-bond acceptors (Lipinski definition) is 5. The Kier molecular flexibility index (Phi) is 4.33. The van der Waals surface area contributed by atoms with Crippen LogP contribution in [0.4, 0.5) is 10.9 Å². The molecule has 0 aliphatic heterocycles. The maximum Gasteiger partial charge on any atom is 0.265 e. The summed E-state index contributed by atoms with van der Waals surface area (Å²) in [6, 6.07) is 0.716. The van der Waals surface area contributed by atoms with Crippen LogP contribution in [0, 0.1) is 5.92 Å². The predicted molar refractivity (Wildman–Crippen MR) is 86.7 cm³/mol. The molecular formula is C15H24N4OS. The van der Waals surface area contributed by atoms with Crippen LogP contribution in [-0.2, 0) is 0 Å². The van der Waals surface area contributed by atoms with Gasteiger partial charge in [0.2, 0.25) is 0 Å². The normalized spacial score (nSPS) is 21.0. The number of aromatic nitrogens is 1. The molecule has 1 heterocycles. The summed E-state index contributed by atoms with van der Waals surface area (Å²) in [4.78, 5) is 17.2. The van der Waals surface area contributed by atoms with E-state index in [0.717, 1.165) is 5.13 Å². The highest BCUT2D eigenvalue weighted by atomic mass is 32.1. The van der Waals surface area contributed by atoms with Crippen LogP contribution in [0.3, 0.4) is 0 Å². The van der Waals surface area contributed by atoms with Crippen LogP contribution in [0.1, 0.15) is 61.5 Å². The number of amides is 1. The van der Waals surface area contributed by atoms with Gasteiger partial charge in [-0.05, 0) is 44.9 Å². The Morgan fingerprint density at radius 3 is 2.62 bits per heavy atom. The first-order valence-corrected chi connectivity index (χ1v) is 8.79. The van der Waals surface area contributed by atoms with Crippen molar-refractivity contribution in [2.24, 2.45) is 5.92 Å². The van der Waals surface area contributed by atoms with E-state index in [1.54, 1.807) is 0 Å². The molecular weight excluding hydrogens is 284 g/mol. The molecule has 116 valence electrons. The molecule has 5 nitrogen and oxygen atoms in total. The molecule has 2 fully saturated rings. The van der Waals surface area contributed by atoms with Crippen LogP contribution in [0.5, 0.6) is 0 Å². The number of nitrogens with one attached hydrogen (secondary N) is 2. The summed E-state index contributed by atoms with van der Waals surface area (Å²) in [7, 11) is 0. The Bertz CT molecular complexity index is 506. The summed E-state index contributed by atoms with van der Waals surface area (Å²) < 4.78 is 0. The Hall–Kier alpha value is -1.30. The summed E-state index contributed by atoms with van der Waals surface area (Å²) >= 11 is 1.37. The van der Waals surface area contributed by atoms with E-state index in [9.17, 15) is 4.79 Å².